The van der Waals surface area contributed by atoms with Crippen LogP contribution in [-0.4, -0.2) is 19.5 Å². The number of nitrogens with one attached hydrogen (secondary N) is 1. The Balaban J connectivity index is 1.88. The molecule has 102 valence electrons. The Morgan fingerprint density at radius 3 is 2.58 bits per heavy atom. The lowest BCUT2D eigenvalue weighted by atomic mass is 10.2. The molecule has 0 aliphatic carbocycles. The molecule has 1 N–H and O–H groups in total. The topological polar surface area (TPSA) is 51.1 Å². The summed E-state index contributed by atoms with van der Waals surface area (Å²) in [4.78, 5) is 0. The van der Waals surface area contributed by atoms with Gasteiger partial charge in [0.15, 0.2) is 0 Å². The van der Waals surface area contributed by atoms with Gasteiger partial charge in [0.25, 0.3) is 0 Å². The molecule has 0 aliphatic rings. The second kappa shape index (κ2) is 6.04. The summed E-state index contributed by atoms with van der Waals surface area (Å²) in [6, 6.07) is 11.4. The highest BCUT2D eigenvalue weighted by Gasteiger charge is 2.10. The van der Waals surface area contributed by atoms with Crippen LogP contribution in [0.25, 0.3) is 0 Å². The molecule has 1 aromatic carbocycles. The smallest absolute Gasteiger partial charge is 0.215 e. The quantitative estimate of drug-likeness (QED) is 0.877. The first-order valence-corrected chi connectivity index (χ1v) is 7.84. The van der Waals surface area contributed by atoms with Crippen LogP contribution in [0.3, 0.4) is 0 Å². The monoisotopic (exact) mass is 278 g/mol. The average molecular weight is 278 g/mol. The lowest BCUT2D eigenvalue weighted by Crippen LogP contribution is -2.28. The molecule has 0 fully saturated rings. The van der Waals surface area contributed by atoms with Gasteiger partial charge in [0, 0.05) is 25.5 Å². The second-order valence-electron chi connectivity index (χ2n) is 4.56. The van der Waals surface area contributed by atoms with Crippen molar-refractivity contribution in [1.29, 1.82) is 0 Å². The number of benzene rings is 1. The van der Waals surface area contributed by atoms with Gasteiger partial charge in [0.1, 0.15) is 0 Å². The number of hydrogen-bond acceptors (Lipinski definition) is 2. The number of sulfonamides is 1. The maximum Gasteiger partial charge on any atom is 0.215 e. The zero-order chi connectivity index (χ0) is 13.7. The number of hydrogen-bond donors (Lipinski definition) is 1. The van der Waals surface area contributed by atoms with E-state index in [1.807, 2.05) is 60.3 Å². The van der Waals surface area contributed by atoms with Gasteiger partial charge in [0.2, 0.25) is 10.0 Å². The van der Waals surface area contributed by atoms with Gasteiger partial charge in [-0.1, -0.05) is 29.8 Å². The molecular weight excluding hydrogens is 260 g/mol. The molecule has 4 nitrogen and oxygen atoms in total. The Morgan fingerprint density at radius 1 is 1.16 bits per heavy atom. The van der Waals surface area contributed by atoms with E-state index < -0.39 is 10.0 Å². The van der Waals surface area contributed by atoms with Gasteiger partial charge in [-0.3, -0.25) is 0 Å². The van der Waals surface area contributed by atoms with E-state index in [1.165, 1.54) is 0 Å². The lowest BCUT2D eigenvalue weighted by Gasteiger charge is -2.08. The molecule has 0 radical (unpaired) electrons. The summed E-state index contributed by atoms with van der Waals surface area (Å²) >= 11 is 0. The molecule has 0 bridgehead atoms. The fourth-order valence-corrected chi connectivity index (χ4v) is 3.04. The standard InChI is InChI=1S/C14H18N2O2S/c1-13-5-4-6-14(11-13)12-19(17,18)15-7-10-16-8-2-3-9-16/h2-6,8-9,11,15H,7,10,12H2,1H3. The maximum atomic E-state index is 11.9. The van der Waals surface area contributed by atoms with Crippen LogP contribution < -0.4 is 4.72 Å². The molecule has 2 aromatic rings. The van der Waals surface area contributed by atoms with Crippen molar-refractivity contribution < 1.29 is 8.42 Å². The summed E-state index contributed by atoms with van der Waals surface area (Å²) < 4.78 is 28.4. The third kappa shape index (κ3) is 4.54. The molecule has 19 heavy (non-hydrogen) atoms. The fraction of sp³-hybridized carbons (Fsp3) is 0.286. The number of aromatic nitrogens is 1. The first-order chi connectivity index (χ1) is 9.05. The van der Waals surface area contributed by atoms with Crippen molar-refractivity contribution in [3.05, 3.63) is 59.9 Å². The summed E-state index contributed by atoms with van der Waals surface area (Å²) in [6.45, 7) is 3.00. The van der Waals surface area contributed by atoms with E-state index in [-0.39, 0.29) is 5.75 Å². The molecule has 0 amide bonds. The number of rotatable bonds is 6. The minimum atomic E-state index is -3.27. The highest BCUT2D eigenvalue weighted by atomic mass is 32.2. The van der Waals surface area contributed by atoms with E-state index in [1.54, 1.807) is 0 Å². The molecule has 0 saturated heterocycles. The molecule has 1 heterocycles. The molecule has 1 aromatic heterocycles. The van der Waals surface area contributed by atoms with Gasteiger partial charge < -0.3 is 4.57 Å². The molecule has 0 saturated carbocycles. The Kier molecular flexibility index (Phi) is 4.39. The Hall–Kier alpha value is -1.59. The maximum absolute atomic E-state index is 11.9. The Labute approximate surface area is 114 Å². The number of aryl methyl sites for hydroxylation is 1. The first kappa shape index (κ1) is 13.8. The summed E-state index contributed by atoms with van der Waals surface area (Å²) in [7, 11) is -3.27. The minimum absolute atomic E-state index is 0.0281. The molecule has 0 atom stereocenters. The van der Waals surface area contributed by atoms with Crippen LogP contribution in [0.4, 0.5) is 0 Å². The first-order valence-electron chi connectivity index (χ1n) is 6.19. The van der Waals surface area contributed by atoms with Crippen molar-refractivity contribution in [3.8, 4) is 0 Å². The van der Waals surface area contributed by atoms with Gasteiger partial charge >= 0.3 is 0 Å². The predicted octanol–water partition coefficient (Wildman–Crippen LogP) is 1.92. The van der Waals surface area contributed by atoms with E-state index in [0.717, 1.165) is 11.1 Å². The third-order valence-corrected chi connectivity index (χ3v) is 4.15. The average Bonchev–Trinajstić information content (AvgIpc) is 2.81. The largest absolute Gasteiger partial charge is 0.353 e. The zero-order valence-corrected chi connectivity index (χ0v) is 11.7. The third-order valence-electron chi connectivity index (χ3n) is 2.80. The molecule has 5 heteroatoms. The van der Waals surface area contributed by atoms with Crippen molar-refractivity contribution in [2.24, 2.45) is 0 Å². The van der Waals surface area contributed by atoms with Crippen LogP contribution in [0, 0.1) is 6.92 Å². The molecule has 0 spiro atoms. The highest BCUT2D eigenvalue weighted by molar-refractivity contribution is 7.88. The van der Waals surface area contributed by atoms with E-state index >= 15 is 0 Å². The van der Waals surface area contributed by atoms with Crippen molar-refractivity contribution in [3.63, 3.8) is 0 Å². The van der Waals surface area contributed by atoms with Gasteiger partial charge in [-0.05, 0) is 24.6 Å². The summed E-state index contributed by atoms with van der Waals surface area (Å²) in [5, 5.41) is 0. The van der Waals surface area contributed by atoms with Crippen molar-refractivity contribution in [2.75, 3.05) is 6.54 Å². The van der Waals surface area contributed by atoms with Crippen LogP contribution in [0.5, 0.6) is 0 Å². The van der Waals surface area contributed by atoms with E-state index in [0.29, 0.717) is 13.1 Å². The van der Waals surface area contributed by atoms with Gasteiger partial charge in [-0.2, -0.15) is 0 Å². The minimum Gasteiger partial charge on any atom is -0.353 e. The van der Waals surface area contributed by atoms with Gasteiger partial charge in [-0.15, -0.1) is 0 Å². The summed E-state index contributed by atoms with van der Waals surface area (Å²) in [6.07, 6.45) is 3.82. The lowest BCUT2D eigenvalue weighted by molar-refractivity contribution is 0.572. The molecular formula is C14H18N2O2S. The number of nitrogens with zero attached hydrogens (tertiary/aromatic N) is 1. The fourth-order valence-electron chi connectivity index (χ4n) is 1.92. The second-order valence-corrected chi connectivity index (χ2v) is 6.37. The van der Waals surface area contributed by atoms with E-state index in [2.05, 4.69) is 4.72 Å². The zero-order valence-electron chi connectivity index (χ0n) is 10.9. The molecule has 2 rings (SSSR count). The Morgan fingerprint density at radius 2 is 1.89 bits per heavy atom. The summed E-state index contributed by atoms with van der Waals surface area (Å²) in [5.41, 5.74) is 1.88. The van der Waals surface area contributed by atoms with Crippen LogP contribution >= 0.6 is 0 Å². The van der Waals surface area contributed by atoms with Crippen LogP contribution in [0.2, 0.25) is 0 Å². The van der Waals surface area contributed by atoms with E-state index in [4.69, 9.17) is 0 Å². The van der Waals surface area contributed by atoms with Crippen LogP contribution in [0.1, 0.15) is 11.1 Å². The highest BCUT2D eigenvalue weighted by Crippen LogP contribution is 2.07. The molecule has 0 unspecified atom stereocenters. The van der Waals surface area contributed by atoms with E-state index in [9.17, 15) is 8.42 Å². The van der Waals surface area contributed by atoms with Crippen LogP contribution in [0.15, 0.2) is 48.8 Å². The normalized spacial score (nSPS) is 11.6. The van der Waals surface area contributed by atoms with Crippen LogP contribution in [-0.2, 0) is 22.3 Å². The molecule has 0 aliphatic heterocycles. The van der Waals surface area contributed by atoms with Gasteiger partial charge in [0.05, 0.1) is 5.75 Å². The van der Waals surface area contributed by atoms with Crippen molar-refractivity contribution in [1.82, 2.24) is 9.29 Å². The van der Waals surface area contributed by atoms with Gasteiger partial charge in [-0.25, -0.2) is 13.1 Å². The Bertz CT molecular complexity index is 619. The summed E-state index contributed by atoms with van der Waals surface area (Å²) in [5.74, 6) is 0.0281. The predicted molar refractivity (Wildman–Crippen MR) is 76.2 cm³/mol. The van der Waals surface area contributed by atoms with Crippen molar-refractivity contribution >= 4 is 10.0 Å². The SMILES string of the molecule is Cc1cccc(CS(=O)(=O)NCCn2cccc2)c1. The van der Waals surface area contributed by atoms with Crippen molar-refractivity contribution in [2.45, 2.75) is 19.2 Å².